The van der Waals surface area contributed by atoms with Gasteiger partial charge in [0.2, 0.25) is 0 Å². The lowest BCUT2D eigenvalue weighted by atomic mass is 10.0. The van der Waals surface area contributed by atoms with E-state index in [1.165, 1.54) is 0 Å². The number of nitriles is 1. The fourth-order valence-corrected chi connectivity index (χ4v) is 1.38. The summed E-state index contributed by atoms with van der Waals surface area (Å²) in [5.41, 5.74) is 1.47. The SMILES string of the molecule is N#CC(c1ccccn1)c1ccccn1. The minimum absolute atomic E-state index is 0.382. The Morgan fingerprint density at radius 3 is 1.80 bits per heavy atom. The topological polar surface area (TPSA) is 49.6 Å². The largest absolute Gasteiger partial charge is 0.259 e. The van der Waals surface area contributed by atoms with Gasteiger partial charge < -0.3 is 0 Å². The highest BCUT2D eigenvalue weighted by atomic mass is 14.7. The van der Waals surface area contributed by atoms with Crippen LogP contribution in [0.5, 0.6) is 0 Å². The summed E-state index contributed by atoms with van der Waals surface area (Å²) in [5, 5.41) is 9.10. The van der Waals surface area contributed by atoms with Gasteiger partial charge in [-0.15, -0.1) is 0 Å². The Morgan fingerprint density at radius 1 is 0.933 bits per heavy atom. The maximum absolute atomic E-state index is 9.10. The molecule has 2 aromatic rings. The van der Waals surface area contributed by atoms with Crippen molar-refractivity contribution < 1.29 is 0 Å². The molecule has 3 heteroatoms. The third kappa shape index (κ3) is 2.00. The van der Waals surface area contributed by atoms with Crippen molar-refractivity contribution in [3.8, 4) is 6.07 Å². The maximum Gasteiger partial charge on any atom is 0.130 e. The van der Waals surface area contributed by atoms with Gasteiger partial charge in [0.15, 0.2) is 0 Å². The van der Waals surface area contributed by atoms with Gasteiger partial charge in [0.25, 0.3) is 0 Å². The first-order valence-electron chi connectivity index (χ1n) is 4.63. The lowest BCUT2D eigenvalue weighted by Crippen LogP contribution is -2.02. The van der Waals surface area contributed by atoms with Crippen molar-refractivity contribution in [1.29, 1.82) is 5.26 Å². The Hall–Kier alpha value is -2.21. The molecule has 2 heterocycles. The van der Waals surface area contributed by atoms with Crippen LogP contribution in [0.3, 0.4) is 0 Å². The zero-order valence-electron chi connectivity index (χ0n) is 8.04. The van der Waals surface area contributed by atoms with E-state index in [9.17, 15) is 0 Å². The Kier molecular flexibility index (Phi) is 2.70. The molecule has 0 fully saturated rings. The number of nitrogens with zero attached hydrogens (tertiary/aromatic N) is 3. The van der Waals surface area contributed by atoms with Gasteiger partial charge in [0.05, 0.1) is 17.5 Å². The van der Waals surface area contributed by atoms with Crippen molar-refractivity contribution in [3.05, 3.63) is 60.2 Å². The van der Waals surface area contributed by atoms with Crippen LogP contribution in [0.1, 0.15) is 17.3 Å². The van der Waals surface area contributed by atoms with Crippen LogP contribution < -0.4 is 0 Å². The molecule has 0 saturated heterocycles. The second-order valence-corrected chi connectivity index (χ2v) is 3.07. The third-order valence-electron chi connectivity index (χ3n) is 2.10. The van der Waals surface area contributed by atoms with Gasteiger partial charge >= 0.3 is 0 Å². The van der Waals surface area contributed by atoms with Crippen molar-refractivity contribution in [2.45, 2.75) is 5.92 Å². The molecule has 0 bridgehead atoms. The summed E-state index contributed by atoms with van der Waals surface area (Å²) in [7, 11) is 0. The molecule has 0 aliphatic heterocycles. The summed E-state index contributed by atoms with van der Waals surface area (Å²) >= 11 is 0. The fraction of sp³-hybridized carbons (Fsp3) is 0.0833. The van der Waals surface area contributed by atoms with E-state index in [2.05, 4.69) is 16.0 Å². The van der Waals surface area contributed by atoms with Crippen LogP contribution in [0.4, 0.5) is 0 Å². The van der Waals surface area contributed by atoms with Crippen molar-refractivity contribution in [2.24, 2.45) is 0 Å². The second kappa shape index (κ2) is 4.34. The Bertz CT molecular complexity index is 420. The van der Waals surface area contributed by atoms with Crippen LogP contribution in [0, 0.1) is 11.3 Å². The fourth-order valence-electron chi connectivity index (χ4n) is 1.38. The van der Waals surface area contributed by atoms with Gasteiger partial charge in [-0.05, 0) is 24.3 Å². The minimum atomic E-state index is -0.382. The monoisotopic (exact) mass is 195 g/mol. The Morgan fingerprint density at radius 2 is 1.47 bits per heavy atom. The Balaban J connectivity index is 2.39. The molecule has 0 radical (unpaired) electrons. The summed E-state index contributed by atoms with van der Waals surface area (Å²) < 4.78 is 0. The van der Waals surface area contributed by atoms with Gasteiger partial charge in [-0.2, -0.15) is 5.26 Å². The molecule has 0 unspecified atom stereocenters. The maximum atomic E-state index is 9.10. The van der Waals surface area contributed by atoms with Crippen LogP contribution >= 0.6 is 0 Å². The lowest BCUT2D eigenvalue weighted by molar-refractivity contribution is 0.917. The molecule has 72 valence electrons. The molecule has 2 aromatic heterocycles. The number of aromatic nitrogens is 2. The minimum Gasteiger partial charge on any atom is -0.259 e. The molecule has 0 spiro atoms. The van der Waals surface area contributed by atoms with E-state index in [0.29, 0.717) is 0 Å². The third-order valence-corrected chi connectivity index (χ3v) is 2.10. The van der Waals surface area contributed by atoms with Crippen LogP contribution in [-0.2, 0) is 0 Å². The van der Waals surface area contributed by atoms with E-state index in [1.54, 1.807) is 12.4 Å². The highest BCUT2D eigenvalue weighted by Gasteiger charge is 2.14. The quantitative estimate of drug-likeness (QED) is 0.737. The standard InChI is InChI=1S/C12H9N3/c13-9-10(11-5-1-3-7-14-11)12-6-2-4-8-15-12/h1-8,10H. The lowest BCUT2D eigenvalue weighted by Gasteiger charge is -2.06. The molecule has 0 N–H and O–H groups in total. The molecule has 0 saturated carbocycles. The summed E-state index contributed by atoms with van der Waals surface area (Å²) in [6, 6.07) is 13.3. The van der Waals surface area contributed by atoms with Gasteiger partial charge in [-0.25, -0.2) is 0 Å². The van der Waals surface area contributed by atoms with Crippen molar-refractivity contribution in [1.82, 2.24) is 9.97 Å². The van der Waals surface area contributed by atoms with Crippen LogP contribution in [0.25, 0.3) is 0 Å². The normalized spacial score (nSPS) is 9.87. The van der Waals surface area contributed by atoms with Gasteiger partial charge in [-0.3, -0.25) is 9.97 Å². The van der Waals surface area contributed by atoms with Crippen molar-refractivity contribution >= 4 is 0 Å². The zero-order chi connectivity index (χ0) is 10.5. The smallest absolute Gasteiger partial charge is 0.130 e. The number of hydrogen-bond acceptors (Lipinski definition) is 3. The first-order chi connectivity index (χ1) is 7.42. The summed E-state index contributed by atoms with van der Waals surface area (Å²) in [6.45, 7) is 0. The molecule has 15 heavy (non-hydrogen) atoms. The van der Waals surface area contributed by atoms with Crippen LogP contribution in [0.15, 0.2) is 48.8 Å². The molecule has 0 aliphatic rings. The summed E-state index contributed by atoms with van der Waals surface area (Å²) in [6.07, 6.45) is 3.37. The van der Waals surface area contributed by atoms with E-state index < -0.39 is 0 Å². The van der Waals surface area contributed by atoms with Gasteiger partial charge in [0.1, 0.15) is 5.92 Å². The number of rotatable bonds is 2. The van der Waals surface area contributed by atoms with Crippen LogP contribution in [-0.4, -0.2) is 9.97 Å². The Labute approximate surface area is 88.1 Å². The molecular formula is C12H9N3. The van der Waals surface area contributed by atoms with Gasteiger partial charge in [0, 0.05) is 12.4 Å². The first kappa shape index (κ1) is 9.35. The molecular weight excluding hydrogens is 186 g/mol. The zero-order valence-corrected chi connectivity index (χ0v) is 8.04. The summed E-state index contributed by atoms with van der Waals surface area (Å²) in [5.74, 6) is -0.382. The van der Waals surface area contributed by atoms with E-state index in [4.69, 9.17) is 5.26 Å². The average molecular weight is 195 g/mol. The highest BCUT2D eigenvalue weighted by Crippen LogP contribution is 2.19. The van der Waals surface area contributed by atoms with E-state index >= 15 is 0 Å². The van der Waals surface area contributed by atoms with E-state index in [1.807, 2.05) is 36.4 Å². The number of hydrogen-bond donors (Lipinski definition) is 0. The van der Waals surface area contributed by atoms with E-state index in [0.717, 1.165) is 11.4 Å². The van der Waals surface area contributed by atoms with Gasteiger partial charge in [-0.1, -0.05) is 12.1 Å². The van der Waals surface area contributed by atoms with E-state index in [-0.39, 0.29) is 5.92 Å². The highest BCUT2D eigenvalue weighted by molar-refractivity contribution is 5.29. The molecule has 0 aliphatic carbocycles. The van der Waals surface area contributed by atoms with Crippen molar-refractivity contribution in [2.75, 3.05) is 0 Å². The predicted octanol–water partition coefficient (Wildman–Crippen LogP) is 2.13. The van der Waals surface area contributed by atoms with Crippen LogP contribution in [0.2, 0.25) is 0 Å². The second-order valence-electron chi connectivity index (χ2n) is 3.07. The molecule has 3 nitrogen and oxygen atoms in total. The first-order valence-corrected chi connectivity index (χ1v) is 4.63. The average Bonchev–Trinajstić information content (AvgIpc) is 2.33. The molecule has 0 aromatic carbocycles. The molecule has 0 amide bonds. The summed E-state index contributed by atoms with van der Waals surface area (Å²) in [4.78, 5) is 8.33. The number of pyridine rings is 2. The molecule has 2 rings (SSSR count). The van der Waals surface area contributed by atoms with Crippen molar-refractivity contribution in [3.63, 3.8) is 0 Å². The predicted molar refractivity (Wildman–Crippen MR) is 55.9 cm³/mol. The molecule has 0 atom stereocenters.